The summed E-state index contributed by atoms with van der Waals surface area (Å²) in [5, 5.41) is 8.83. The van der Waals surface area contributed by atoms with Crippen molar-refractivity contribution in [2.24, 2.45) is 0 Å². The Balaban J connectivity index is 2.79. The Bertz CT molecular complexity index is 374. The first-order chi connectivity index (χ1) is 6.66. The van der Waals surface area contributed by atoms with Crippen LogP contribution in [0.2, 0.25) is 0 Å². The van der Waals surface area contributed by atoms with Gasteiger partial charge >= 0.3 is 5.97 Å². The minimum absolute atomic E-state index is 0.222. The lowest BCUT2D eigenvalue weighted by atomic mass is 10.3. The molecule has 1 rings (SSSR count). The molecule has 0 aliphatic carbocycles. The van der Waals surface area contributed by atoms with Gasteiger partial charge in [-0.2, -0.15) is 0 Å². The number of carboxylic acid groups (broad SMARTS) is 1. The number of aryl methyl sites for hydroxylation is 1. The molecule has 0 amide bonds. The molecule has 0 saturated heterocycles. The second-order valence-corrected chi connectivity index (χ2v) is 2.96. The highest BCUT2D eigenvalue weighted by molar-refractivity contribution is 5.85. The summed E-state index contributed by atoms with van der Waals surface area (Å²) in [6, 6.07) is 0. The number of aromatic nitrogens is 2. The van der Waals surface area contributed by atoms with E-state index in [1.807, 2.05) is 0 Å². The van der Waals surface area contributed by atoms with E-state index in [2.05, 4.69) is 10.9 Å². The monoisotopic (exact) mass is 192 g/mol. The topological polar surface area (TPSA) is 55.1 Å². The smallest absolute Gasteiger partial charge is 0.354 e. The summed E-state index contributed by atoms with van der Waals surface area (Å²) in [7, 11) is 0. The zero-order valence-corrected chi connectivity index (χ0v) is 8.03. The van der Waals surface area contributed by atoms with E-state index in [0.29, 0.717) is 18.8 Å². The van der Waals surface area contributed by atoms with Crippen LogP contribution in [0.5, 0.6) is 0 Å². The number of hydrogen-bond donors (Lipinski definition) is 1. The number of carbonyl (C=O) groups is 1. The maximum atomic E-state index is 10.8. The van der Waals surface area contributed by atoms with Gasteiger partial charge in [-0.3, -0.25) is 0 Å². The normalized spacial score (nSPS) is 9.71. The van der Waals surface area contributed by atoms with Crippen LogP contribution in [0, 0.1) is 19.3 Å². The number of terminal acetylenes is 1. The van der Waals surface area contributed by atoms with E-state index in [-0.39, 0.29) is 5.69 Å². The molecule has 0 aliphatic heterocycles. The summed E-state index contributed by atoms with van der Waals surface area (Å²) in [4.78, 5) is 14.7. The van der Waals surface area contributed by atoms with Gasteiger partial charge in [0.25, 0.3) is 0 Å². The number of aromatic carboxylic acids is 1. The van der Waals surface area contributed by atoms with E-state index in [1.165, 1.54) is 6.20 Å². The second kappa shape index (κ2) is 4.47. The van der Waals surface area contributed by atoms with Crippen molar-refractivity contribution in [3.63, 3.8) is 0 Å². The molecule has 0 unspecified atom stereocenters. The highest BCUT2D eigenvalue weighted by Crippen LogP contribution is 2.06. The average molecular weight is 192 g/mol. The number of rotatable bonds is 4. The molecule has 0 radical (unpaired) electrons. The summed E-state index contributed by atoms with van der Waals surface area (Å²) in [6.07, 6.45) is 7.90. The standard InChI is InChI=1S/C10H12N2O2/c1-3-4-5-6-12-8(2)11-7-9(12)10(13)14/h1,7H,4-6H2,2H3,(H,13,14). The van der Waals surface area contributed by atoms with Crippen LogP contribution >= 0.6 is 0 Å². The van der Waals surface area contributed by atoms with Crippen LogP contribution in [0.25, 0.3) is 0 Å². The molecule has 1 heterocycles. The van der Waals surface area contributed by atoms with Gasteiger partial charge in [0.2, 0.25) is 0 Å². The summed E-state index contributed by atoms with van der Waals surface area (Å²) in [5.74, 6) is 2.27. The van der Waals surface area contributed by atoms with Gasteiger partial charge in [-0.05, 0) is 13.3 Å². The third kappa shape index (κ3) is 2.13. The molecule has 74 valence electrons. The van der Waals surface area contributed by atoms with Crippen molar-refractivity contribution in [2.45, 2.75) is 26.3 Å². The largest absolute Gasteiger partial charge is 0.477 e. The van der Waals surface area contributed by atoms with E-state index >= 15 is 0 Å². The van der Waals surface area contributed by atoms with Crippen LogP contribution in [0.1, 0.15) is 29.2 Å². The van der Waals surface area contributed by atoms with Crippen molar-refractivity contribution >= 4 is 5.97 Å². The highest BCUT2D eigenvalue weighted by atomic mass is 16.4. The van der Waals surface area contributed by atoms with Crippen molar-refractivity contribution in [1.29, 1.82) is 0 Å². The second-order valence-electron chi connectivity index (χ2n) is 2.96. The molecule has 1 N–H and O–H groups in total. The lowest BCUT2D eigenvalue weighted by Gasteiger charge is -2.05. The molecule has 0 atom stereocenters. The molecular weight excluding hydrogens is 180 g/mol. The fraction of sp³-hybridized carbons (Fsp3) is 0.400. The van der Waals surface area contributed by atoms with E-state index in [1.54, 1.807) is 11.5 Å². The first kappa shape index (κ1) is 10.3. The Labute approximate surface area is 82.6 Å². The van der Waals surface area contributed by atoms with Crippen LogP contribution in [-0.2, 0) is 6.54 Å². The predicted molar refractivity (Wildman–Crippen MR) is 52.0 cm³/mol. The molecule has 0 spiro atoms. The Hall–Kier alpha value is -1.76. The lowest BCUT2D eigenvalue weighted by Crippen LogP contribution is -2.09. The number of imidazole rings is 1. The van der Waals surface area contributed by atoms with E-state index in [9.17, 15) is 4.79 Å². The number of unbranched alkanes of at least 4 members (excludes halogenated alkanes) is 1. The van der Waals surface area contributed by atoms with Crippen LogP contribution in [0.4, 0.5) is 0 Å². The Kier molecular flexibility index (Phi) is 3.29. The molecule has 0 fully saturated rings. The van der Waals surface area contributed by atoms with Gasteiger partial charge in [-0.15, -0.1) is 12.3 Å². The Morgan fingerprint density at radius 2 is 2.50 bits per heavy atom. The SMILES string of the molecule is C#CCCCn1c(C(=O)O)cnc1C. The van der Waals surface area contributed by atoms with Gasteiger partial charge in [0.15, 0.2) is 0 Å². The Morgan fingerprint density at radius 1 is 1.79 bits per heavy atom. The fourth-order valence-electron chi connectivity index (χ4n) is 1.26. The highest BCUT2D eigenvalue weighted by Gasteiger charge is 2.11. The van der Waals surface area contributed by atoms with Crippen LogP contribution in [0.15, 0.2) is 6.20 Å². The van der Waals surface area contributed by atoms with E-state index in [4.69, 9.17) is 11.5 Å². The molecular formula is C10H12N2O2. The van der Waals surface area contributed by atoms with Crippen LogP contribution < -0.4 is 0 Å². The number of hydrogen-bond acceptors (Lipinski definition) is 2. The van der Waals surface area contributed by atoms with Gasteiger partial charge < -0.3 is 9.67 Å². The number of nitrogens with zero attached hydrogens (tertiary/aromatic N) is 2. The Morgan fingerprint density at radius 3 is 3.07 bits per heavy atom. The summed E-state index contributed by atoms with van der Waals surface area (Å²) in [6.45, 7) is 2.39. The molecule has 0 saturated carbocycles. The van der Waals surface area contributed by atoms with Crippen molar-refractivity contribution in [1.82, 2.24) is 9.55 Å². The van der Waals surface area contributed by atoms with Gasteiger partial charge in [0.05, 0.1) is 6.20 Å². The summed E-state index contributed by atoms with van der Waals surface area (Å²) >= 11 is 0. The third-order valence-corrected chi connectivity index (χ3v) is 1.98. The van der Waals surface area contributed by atoms with Crippen molar-refractivity contribution < 1.29 is 9.90 Å². The molecule has 4 nitrogen and oxygen atoms in total. The summed E-state index contributed by atoms with van der Waals surface area (Å²) in [5.41, 5.74) is 0.222. The predicted octanol–water partition coefficient (Wildman–Crippen LogP) is 1.30. The molecule has 1 aromatic heterocycles. The first-order valence-electron chi connectivity index (χ1n) is 4.35. The minimum atomic E-state index is -0.952. The first-order valence-corrected chi connectivity index (χ1v) is 4.35. The minimum Gasteiger partial charge on any atom is -0.477 e. The molecule has 0 bridgehead atoms. The molecule has 0 aliphatic rings. The average Bonchev–Trinajstić information content (AvgIpc) is 2.48. The van der Waals surface area contributed by atoms with Crippen LogP contribution in [0.3, 0.4) is 0 Å². The van der Waals surface area contributed by atoms with Gasteiger partial charge in [-0.25, -0.2) is 9.78 Å². The molecule has 14 heavy (non-hydrogen) atoms. The maximum absolute atomic E-state index is 10.8. The maximum Gasteiger partial charge on any atom is 0.354 e. The lowest BCUT2D eigenvalue weighted by molar-refractivity contribution is 0.0684. The van der Waals surface area contributed by atoms with Crippen molar-refractivity contribution in [3.8, 4) is 12.3 Å². The van der Waals surface area contributed by atoms with Gasteiger partial charge in [-0.1, -0.05) is 0 Å². The van der Waals surface area contributed by atoms with Gasteiger partial charge in [0.1, 0.15) is 11.5 Å². The molecule has 1 aromatic rings. The van der Waals surface area contributed by atoms with Crippen LogP contribution in [-0.4, -0.2) is 20.6 Å². The third-order valence-electron chi connectivity index (χ3n) is 1.98. The fourth-order valence-corrected chi connectivity index (χ4v) is 1.26. The number of carboxylic acids is 1. The van der Waals surface area contributed by atoms with Gasteiger partial charge in [0, 0.05) is 13.0 Å². The quantitative estimate of drug-likeness (QED) is 0.578. The zero-order chi connectivity index (χ0) is 10.6. The van der Waals surface area contributed by atoms with Crippen molar-refractivity contribution in [3.05, 3.63) is 17.7 Å². The van der Waals surface area contributed by atoms with E-state index in [0.717, 1.165) is 6.42 Å². The zero-order valence-electron chi connectivity index (χ0n) is 8.03. The molecule has 4 heteroatoms. The molecule has 0 aromatic carbocycles. The van der Waals surface area contributed by atoms with E-state index < -0.39 is 5.97 Å². The summed E-state index contributed by atoms with van der Waals surface area (Å²) < 4.78 is 1.67. The van der Waals surface area contributed by atoms with Crippen molar-refractivity contribution in [2.75, 3.05) is 0 Å².